The Morgan fingerprint density at radius 2 is 2.08 bits per heavy atom. The number of likely N-dealkylation sites (tertiary alicyclic amines) is 1. The van der Waals surface area contributed by atoms with Gasteiger partial charge in [-0.3, -0.25) is 9.59 Å². The van der Waals surface area contributed by atoms with Crippen molar-refractivity contribution < 1.29 is 23.8 Å². The van der Waals surface area contributed by atoms with Crippen LogP contribution in [0.5, 0.6) is 11.5 Å². The van der Waals surface area contributed by atoms with E-state index in [-0.39, 0.29) is 24.2 Å². The second-order valence-electron chi connectivity index (χ2n) is 5.64. The van der Waals surface area contributed by atoms with Crippen molar-refractivity contribution in [1.82, 2.24) is 4.90 Å². The Hall–Kier alpha value is -2.28. The van der Waals surface area contributed by atoms with Gasteiger partial charge in [-0.2, -0.15) is 0 Å². The molecule has 132 valence electrons. The molecule has 24 heavy (non-hydrogen) atoms. The maximum atomic E-state index is 12.5. The average molecular weight is 336 g/mol. The number of methoxy groups -OCH3 is 3. The van der Waals surface area contributed by atoms with Crippen molar-refractivity contribution in [2.45, 2.75) is 12.8 Å². The monoisotopic (exact) mass is 336 g/mol. The van der Waals surface area contributed by atoms with Crippen LogP contribution in [0.15, 0.2) is 18.2 Å². The van der Waals surface area contributed by atoms with Crippen LogP contribution >= 0.6 is 0 Å². The summed E-state index contributed by atoms with van der Waals surface area (Å²) < 4.78 is 15.4. The Morgan fingerprint density at radius 3 is 2.75 bits per heavy atom. The van der Waals surface area contributed by atoms with E-state index in [4.69, 9.17) is 14.2 Å². The van der Waals surface area contributed by atoms with Crippen molar-refractivity contribution in [3.63, 3.8) is 0 Å². The number of ether oxygens (including phenoxy) is 3. The zero-order valence-corrected chi connectivity index (χ0v) is 14.3. The maximum absolute atomic E-state index is 12.5. The fraction of sp³-hybridized carbons (Fsp3) is 0.529. The van der Waals surface area contributed by atoms with Gasteiger partial charge in [0.15, 0.2) is 0 Å². The Morgan fingerprint density at radius 1 is 1.29 bits per heavy atom. The second-order valence-corrected chi connectivity index (χ2v) is 5.64. The molecular weight excluding hydrogens is 312 g/mol. The van der Waals surface area contributed by atoms with E-state index in [2.05, 4.69) is 5.32 Å². The molecule has 1 saturated heterocycles. The number of amides is 2. The molecule has 1 aliphatic heterocycles. The Balaban J connectivity index is 1.97. The lowest BCUT2D eigenvalue weighted by molar-refractivity contribution is -0.128. The summed E-state index contributed by atoms with van der Waals surface area (Å²) in [5, 5.41) is 2.84. The van der Waals surface area contributed by atoms with Crippen LogP contribution in [0.25, 0.3) is 0 Å². The number of benzene rings is 1. The smallest absolute Gasteiger partial charge is 0.229 e. The largest absolute Gasteiger partial charge is 0.497 e. The highest BCUT2D eigenvalue weighted by molar-refractivity contribution is 5.98. The minimum absolute atomic E-state index is 0.00736. The van der Waals surface area contributed by atoms with Crippen molar-refractivity contribution >= 4 is 17.5 Å². The first-order valence-electron chi connectivity index (χ1n) is 7.88. The van der Waals surface area contributed by atoms with Gasteiger partial charge < -0.3 is 24.4 Å². The Bertz CT molecular complexity index is 590. The first-order valence-corrected chi connectivity index (χ1v) is 7.88. The van der Waals surface area contributed by atoms with Crippen LogP contribution in [-0.2, 0) is 14.3 Å². The minimum atomic E-state index is -0.355. The zero-order valence-electron chi connectivity index (χ0n) is 14.3. The van der Waals surface area contributed by atoms with Gasteiger partial charge in [0.05, 0.1) is 25.8 Å². The minimum Gasteiger partial charge on any atom is -0.497 e. The maximum Gasteiger partial charge on any atom is 0.229 e. The van der Waals surface area contributed by atoms with Gasteiger partial charge in [0.25, 0.3) is 0 Å². The number of nitrogens with one attached hydrogen (secondary N) is 1. The van der Waals surface area contributed by atoms with Crippen LogP contribution in [0.4, 0.5) is 5.69 Å². The van der Waals surface area contributed by atoms with Crippen molar-refractivity contribution in [3.8, 4) is 11.5 Å². The summed E-state index contributed by atoms with van der Waals surface area (Å²) in [5.74, 6) is 0.634. The fourth-order valence-electron chi connectivity index (χ4n) is 2.70. The molecule has 0 spiro atoms. The van der Waals surface area contributed by atoms with Gasteiger partial charge in [-0.1, -0.05) is 0 Å². The van der Waals surface area contributed by atoms with Gasteiger partial charge in [-0.15, -0.1) is 0 Å². The SMILES string of the molecule is COCCCN1CC(C(=O)Nc2ccc(OC)cc2OC)CC1=O. The molecule has 1 aromatic rings. The Kier molecular flexibility index (Phi) is 6.43. The summed E-state index contributed by atoms with van der Waals surface area (Å²) in [7, 11) is 4.72. The Labute approximate surface area is 141 Å². The summed E-state index contributed by atoms with van der Waals surface area (Å²) in [6.45, 7) is 1.65. The third-order valence-corrected chi connectivity index (χ3v) is 4.03. The molecular formula is C17H24N2O5. The predicted octanol–water partition coefficient (Wildman–Crippen LogP) is 1.53. The van der Waals surface area contributed by atoms with Crippen molar-refractivity contribution in [1.29, 1.82) is 0 Å². The van der Waals surface area contributed by atoms with E-state index in [1.807, 2.05) is 0 Å². The first kappa shape index (κ1) is 18.1. The van der Waals surface area contributed by atoms with E-state index in [1.165, 1.54) is 7.11 Å². The summed E-state index contributed by atoms with van der Waals surface area (Å²) in [5.41, 5.74) is 0.564. The van der Waals surface area contributed by atoms with E-state index in [9.17, 15) is 9.59 Å². The molecule has 0 bridgehead atoms. The second kappa shape index (κ2) is 8.54. The number of hydrogen-bond donors (Lipinski definition) is 1. The molecule has 0 saturated carbocycles. The number of carbonyl (C=O) groups excluding carboxylic acids is 2. The molecule has 1 heterocycles. The van der Waals surface area contributed by atoms with Gasteiger partial charge >= 0.3 is 0 Å². The molecule has 1 fully saturated rings. The van der Waals surface area contributed by atoms with Crippen molar-refractivity contribution in [3.05, 3.63) is 18.2 Å². The molecule has 7 nitrogen and oxygen atoms in total. The number of carbonyl (C=O) groups is 2. The van der Waals surface area contributed by atoms with Crippen molar-refractivity contribution in [2.24, 2.45) is 5.92 Å². The van der Waals surface area contributed by atoms with E-state index in [1.54, 1.807) is 37.3 Å². The highest BCUT2D eigenvalue weighted by atomic mass is 16.5. The quantitative estimate of drug-likeness (QED) is 0.729. The number of hydrogen-bond acceptors (Lipinski definition) is 5. The first-order chi connectivity index (χ1) is 11.6. The van der Waals surface area contributed by atoms with Gasteiger partial charge in [0, 0.05) is 39.3 Å². The van der Waals surface area contributed by atoms with Crippen LogP contribution in [0.1, 0.15) is 12.8 Å². The zero-order chi connectivity index (χ0) is 17.5. The predicted molar refractivity (Wildman–Crippen MR) is 89.4 cm³/mol. The van der Waals surface area contributed by atoms with E-state index < -0.39 is 0 Å². The van der Waals surface area contributed by atoms with E-state index in [0.29, 0.717) is 36.9 Å². The topological polar surface area (TPSA) is 77.1 Å². The standard InChI is InChI=1S/C17H24N2O5/c1-22-8-4-7-19-11-12(9-16(19)20)17(21)18-14-6-5-13(23-2)10-15(14)24-3/h5-6,10,12H,4,7-9,11H2,1-3H3,(H,18,21). The number of nitrogens with zero attached hydrogens (tertiary/aromatic N) is 1. The van der Waals surface area contributed by atoms with Gasteiger partial charge in [0.1, 0.15) is 11.5 Å². The molecule has 0 aromatic heterocycles. The molecule has 2 amide bonds. The molecule has 1 aliphatic rings. The number of anilines is 1. The highest BCUT2D eigenvalue weighted by Gasteiger charge is 2.34. The molecule has 1 aromatic carbocycles. The number of rotatable bonds is 8. The third-order valence-electron chi connectivity index (χ3n) is 4.03. The van der Waals surface area contributed by atoms with Crippen molar-refractivity contribution in [2.75, 3.05) is 46.3 Å². The summed E-state index contributed by atoms with van der Waals surface area (Å²) >= 11 is 0. The van der Waals surface area contributed by atoms with Crippen LogP contribution in [0.3, 0.4) is 0 Å². The van der Waals surface area contributed by atoms with Gasteiger partial charge in [-0.25, -0.2) is 0 Å². The van der Waals surface area contributed by atoms with Crippen LogP contribution in [-0.4, -0.2) is 57.7 Å². The van der Waals surface area contributed by atoms with Crippen LogP contribution in [0.2, 0.25) is 0 Å². The highest BCUT2D eigenvalue weighted by Crippen LogP contribution is 2.30. The van der Waals surface area contributed by atoms with E-state index >= 15 is 0 Å². The van der Waals surface area contributed by atoms with Crippen LogP contribution < -0.4 is 14.8 Å². The summed E-state index contributed by atoms with van der Waals surface area (Å²) in [4.78, 5) is 26.2. The summed E-state index contributed by atoms with van der Waals surface area (Å²) in [6.07, 6.45) is 1.00. The normalized spacial score (nSPS) is 17.0. The lowest BCUT2D eigenvalue weighted by atomic mass is 10.1. The molecule has 1 unspecified atom stereocenters. The van der Waals surface area contributed by atoms with Gasteiger partial charge in [-0.05, 0) is 18.6 Å². The van der Waals surface area contributed by atoms with Crippen LogP contribution in [0, 0.1) is 5.92 Å². The summed E-state index contributed by atoms with van der Waals surface area (Å²) in [6, 6.07) is 5.17. The molecule has 2 rings (SSSR count). The molecule has 7 heteroatoms. The fourth-order valence-corrected chi connectivity index (χ4v) is 2.70. The average Bonchev–Trinajstić information content (AvgIpc) is 2.96. The molecule has 1 N–H and O–H groups in total. The molecule has 0 radical (unpaired) electrons. The molecule has 0 aliphatic carbocycles. The lowest BCUT2D eigenvalue weighted by Crippen LogP contribution is -2.29. The third kappa shape index (κ3) is 4.38. The van der Waals surface area contributed by atoms with Gasteiger partial charge in [0.2, 0.25) is 11.8 Å². The van der Waals surface area contributed by atoms with E-state index in [0.717, 1.165) is 6.42 Å². The molecule has 1 atom stereocenters. The lowest BCUT2D eigenvalue weighted by Gasteiger charge is -2.17.